The average molecular weight is 154 g/mol. The summed E-state index contributed by atoms with van der Waals surface area (Å²) >= 11 is 0. The Hall–Kier alpha value is 0.776. The maximum Gasteiger partial charge on any atom is 1.00 e. The normalized spacial score (nSPS) is 7.22. The summed E-state index contributed by atoms with van der Waals surface area (Å²) in [6.07, 6.45) is 1.17. The van der Waals surface area contributed by atoms with Gasteiger partial charge in [-0.15, -0.1) is 0 Å². The van der Waals surface area contributed by atoms with Gasteiger partial charge in [-0.1, -0.05) is 6.42 Å². The number of rotatable bonds is 3. The van der Waals surface area contributed by atoms with E-state index in [1.54, 1.807) is 6.92 Å². The number of hydrogen-bond donors (Lipinski definition) is 0. The van der Waals surface area contributed by atoms with Gasteiger partial charge < -0.3 is 9.53 Å². The van der Waals surface area contributed by atoms with Crippen LogP contribution in [0.2, 0.25) is 0 Å². The van der Waals surface area contributed by atoms with Crippen molar-refractivity contribution in [2.24, 2.45) is 0 Å². The minimum Gasteiger partial charge on any atom is -0.541 e. The van der Waals surface area contributed by atoms with Gasteiger partial charge in [0.2, 0.25) is 0 Å². The smallest absolute Gasteiger partial charge is 0.541 e. The molecule has 0 saturated heterocycles. The van der Waals surface area contributed by atoms with Crippen molar-refractivity contribution in [1.29, 1.82) is 0 Å². The van der Waals surface area contributed by atoms with Crippen LogP contribution in [0.4, 0.5) is 0 Å². The second-order valence-electron chi connectivity index (χ2n) is 1.13. The minimum absolute atomic E-state index is 0. The molecule has 46 valence electrons. The molecule has 0 amide bonds. The van der Waals surface area contributed by atoms with Gasteiger partial charge >= 0.3 is 51.4 Å². The first-order valence-electron chi connectivity index (χ1n) is 2.32. The summed E-state index contributed by atoms with van der Waals surface area (Å²) in [5, 5.41) is 0. The Bertz CT molecular complexity index is 92.2. The third-order valence-corrected chi connectivity index (χ3v) is 0.522. The number of carbonyl (C=O) groups is 1. The Morgan fingerprint density at radius 3 is 2.56 bits per heavy atom. The van der Waals surface area contributed by atoms with Crippen LogP contribution in [-0.2, 0) is 14.3 Å². The monoisotopic (exact) mass is 154 g/mol. The molecule has 0 aliphatic heterocycles. The summed E-state index contributed by atoms with van der Waals surface area (Å²) < 4.78 is 4.38. The van der Waals surface area contributed by atoms with Crippen LogP contribution < -0.4 is 51.4 Å². The summed E-state index contributed by atoms with van der Waals surface area (Å²) in [6.45, 7) is 2.00. The number of carbonyl (C=O) groups excluding carboxylic acids is 2. The van der Waals surface area contributed by atoms with Crippen molar-refractivity contribution in [1.82, 2.24) is 0 Å². The predicted octanol–water partition coefficient (Wildman–Crippen LogP) is -2.95. The topological polar surface area (TPSA) is 43.4 Å². The SMILES string of the molecule is CCOC(=O)C[C-]=O.[K+]. The van der Waals surface area contributed by atoms with Crippen molar-refractivity contribution < 1.29 is 65.7 Å². The molecule has 0 fully saturated rings. The van der Waals surface area contributed by atoms with Crippen LogP contribution in [0.15, 0.2) is 0 Å². The summed E-state index contributed by atoms with van der Waals surface area (Å²) in [6, 6.07) is 0. The van der Waals surface area contributed by atoms with E-state index in [0.29, 0.717) is 6.61 Å². The van der Waals surface area contributed by atoms with Gasteiger partial charge in [-0.05, 0) is 6.92 Å². The molecule has 0 radical (unpaired) electrons. The molecule has 0 spiro atoms. The number of ether oxygens (including phenoxy) is 1. The van der Waals surface area contributed by atoms with Crippen LogP contribution in [0.1, 0.15) is 13.3 Å². The zero-order valence-electron chi connectivity index (χ0n) is 5.64. The van der Waals surface area contributed by atoms with Crippen LogP contribution in [-0.4, -0.2) is 18.9 Å². The van der Waals surface area contributed by atoms with Gasteiger partial charge in [0, 0.05) is 0 Å². The molecule has 0 N–H and O–H groups in total. The zero-order valence-corrected chi connectivity index (χ0v) is 8.76. The largest absolute Gasteiger partial charge is 1.00 e. The van der Waals surface area contributed by atoms with Crippen molar-refractivity contribution >= 4 is 12.3 Å². The second-order valence-corrected chi connectivity index (χ2v) is 1.13. The molecular formula is C5H7KO3. The first-order chi connectivity index (χ1) is 3.81. The molecule has 9 heavy (non-hydrogen) atoms. The van der Waals surface area contributed by atoms with E-state index in [-0.39, 0.29) is 57.8 Å². The summed E-state index contributed by atoms with van der Waals surface area (Å²) in [5.74, 6) is -0.512. The van der Waals surface area contributed by atoms with Gasteiger partial charge in [0.05, 0.1) is 6.61 Å². The molecule has 0 rings (SSSR count). The van der Waals surface area contributed by atoms with Gasteiger partial charge in [0.25, 0.3) is 5.97 Å². The van der Waals surface area contributed by atoms with E-state index < -0.39 is 5.97 Å². The van der Waals surface area contributed by atoms with Crippen molar-refractivity contribution in [3.63, 3.8) is 0 Å². The summed E-state index contributed by atoms with van der Waals surface area (Å²) in [5.41, 5.74) is 0. The average Bonchev–Trinajstić information content (AvgIpc) is 1.68. The molecule has 0 heterocycles. The molecule has 0 aromatic rings. The summed E-state index contributed by atoms with van der Waals surface area (Å²) in [7, 11) is 0. The van der Waals surface area contributed by atoms with Gasteiger partial charge in [-0.2, -0.15) is 0 Å². The Labute approximate surface area is 96.6 Å². The van der Waals surface area contributed by atoms with Gasteiger partial charge in [0.15, 0.2) is 0 Å². The second kappa shape index (κ2) is 8.78. The van der Waals surface area contributed by atoms with E-state index in [0.717, 1.165) is 0 Å². The molecule has 3 nitrogen and oxygen atoms in total. The Morgan fingerprint density at radius 1 is 1.67 bits per heavy atom. The van der Waals surface area contributed by atoms with E-state index in [4.69, 9.17) is 0 Å². The van der Waals surface area contributed by atoms with Crippen LogP contribution in [0.5, 0.6) is 0 Å². The maximum absolute atomic E-state index is 10.2. The van der Waals surface area contributed by atoms with E-state index in [2.05, 4.69) is 4.74 Å². The minimum atomic E-state index is -0.512. The van der Waals surface area contributed by atoms with Crippen molar-refractivity contribution in [3.8, 4) is 0 Å². The van der Waals surface area contributed by atoms with Crippen LogP contribution >= 0.6 is 0 Å². The molecular weight excluding hydrogens is 147 g/mol. The number of hydrogen-bond acceptors (Lipinski definition) is 3. The molecule has 0 unspecified atom stereocenters. The molecule has 0 aromatic carbocycles. The Kier molecular flexibility index (Phi) is 12.1. The van der Waals surface area contributed by atoms with Crippen molar-refractivity contribution in [2.45, 2.75) is 13.3 Å². The summed E-state index contributed by atoms with van der Waals surface area (Å²) in [4.78, 5) is 19.6. The molecule has 0 atom stereocenters. The fraction of sp³-hybridized carbons (Fsp3) is 0.600. The molecule has 0 aliphatic carbocycles. The van der Waals surface area contributed by atoms with Gasteiger partial charge in [0.1, 0.15) is 0 Å². The van der Waals surface area contributed by atoms with E-state index in [1.165, 1.54) is 6.29 Å². The first-order valence-corrected chi connectivity index (χ1v) is 2.32. The van der Waals surface area contributed by atoms with Crippen molar-refractivity contribution in [3.05, 3.63) is 0 Å². The first kappa shape index (κ1) is 12.5. The molecule has 0 bridgehead atoms. The third-order valence-electron chi connectivity index (χ3n) is 0.522. The molecule has 0 saturated carbocycles. The molecule has 4 heteroatoms. The Balaban J connectivity index is 0. The molecule has 0 aliphatic rings. The van der Waals surface area contributed by atoms with Crippen molar-refractivity contribution in [2.75, 3.05) is 6.61 Å². The van der Waals surface area contributed by atoms with Crippen LogP contribution in [0.3, 0.4) is 0 Å². The van der Waals surface area contributed by atoms with E-state index >= 15 is 0 Å². The zero-order chi connectivity index (χ0) is 6.41. The van der Waals surface area contributed by atoms with Crippen LogP contribution in [0, 0.1) is 0 Å². The predicted molar refractivity (Wildman–Crippen MR) is 26.9 cm³/mol. The third kappa shape index (κ3) is 8.78. The quantitative estimate of drug-likeness (QED) is 0.189. The van der Waals surface area contributed by atoms with Crippen LogP contribution in [0.25, 0.3) is 0 Å². The molecule has 0 aromatic heterocycles. The van der Waals surface area contributed by atoms with Gasteiger partial charge in [-0.25, -0.2) is 0 Å². The Morgan fingerprint density at radius 2 is 2.22 bits per heavy atom. The van der Waals surface area contributed by atoms with E-state index in [1.807, 2.05) is 0 Å². The van der Waals surface area contributed by atoms with Gasteiger partial charge in [-0.3, -0.25) is 11.1 Å². The standard InChI is InChI=1S/C5H7O3.K/c1-2-8-5(7)3-4-6;/h2-3H2,1H3;/q-1;+1. The number of esters is 1. The maximum atomic E-state index is 10.2. The fourth-order valence-electron chi connectivity index (χ4n) is 0.271. The fourth-order valence-corrected chi connectivity index (χ4v) is 0.271. The van der Waals surface area contributed by atoms with E-state index in [9.17, 15) is 9.59 Å².